The summed E-state index contributed by atoms with van der Waals surface area (Å²) in [5.74, 6) is 0. The van der Waals surface area contributed by atoms with E-state index in [1.54, 1.807) is 0 Å². The minimum absolute atomic E-state index is 0.680. The lowest BCUT2D eigenvalue weighted by atomic mass is 10.0. The van der Waals surface area contributed by atoms with Crippen LogP contribution in [0.15, 0.2) is 84.9 Å². The van der Waals surface area contributed by atoms with E-state index in [2.05, 4.69) is 102 Å². The van der Waals surface area contributed by atoms with Gasteiger partial charge in [0.05, 0.1) is 13.1 Å². The largest absolute Gasteiger partial charge is 0.234 e. The van der Waals surface area contributed by atoms with Crippen molar-refractivity contribution in [2.75, 3.05) is 0 Å². The fraction of sp³-hybridized carbons (Fsp3) is 0.0833. The normalized spacial score (nSPS) is 11.1. The van der Waals surface area contributed by atoms with Gasteiger partial charge < -0.3 is 0 Å². The lowest BCUT2D eigenvalue weighted by molar-refractivity contribution is 0.636. The Bertz CT molecular complexity index is 1240. The summed E-state index contributed by atoms with van der Waals surface area (Å²) >= 11 is 4.65. The molecule has 6 nitrogen and oxygen atoms in total. The van der Waals surface area contributed by atoms with Crippen LogP contribution >= 0.6 is 45.2 Å². The molecule has 0 bridgehead atoms. The minimum atomic E-state index is 0.680. The van der Waals surface area contributed by atoms with Gasteiger partial charge in [-0.25, -0.2) is 9.36 Å². The summed E-state index contributed by atoms with van der Waals surface area (Å²) in [7, 11) is 0. The molecule has 0 aliphatic rings. The van der Waals surface area contributed by atoms with E-state index in [1.807, 2.05) is 57.9 Å². The van der Waals surface area contributed by atoms with Crippen LogP contribution in [0.3, 0.4) is 0 Å². The average Bonchev–Trinajstić information content (AvgIpc) is 3.37. The summed E-state index contributed by atoms with van der Waals surface area (Å²) in [6.45, 7) is 1.36. The first kappa shape index (κ1) is 21.3. The second-order valence-corrected chi connectivity index (χ2v) is 9.33. The van der Waals surface area contributed by atoms with E-state index in [1.165, 1.54) is 11.1 Å². The van der Waals surface area contributed by atoms with Crippen molar-refractivity contribution in [1.29, 1.82) is 0 Å². The fourth-order valence-electron chi connectivity index (χ4n) is 3.54. The van der Waals surface area contributed by atoms with Gasteiger partial charge in [0.2, 0.25) is 0 Å². The number of hydrogen-bond acceptors (Lipinski definition) is 4. The van der Waals surface area contributed by atoms with Gasteiger partial charge in [-0.05, 0) is 56.3 Å². The highest BCUT2D eigenvalue weighted by molar-refractivity contribution is 14.1. The minimum Gasteiger partial charge on any atom is -0.234 e. The number of benzene rings is 3. The second kappa shape index (κ2) is 9.49. The fourth-order valence-corrected chi connectivity index (χ4v) is 4.87. The molecule has 0 spiro atoms. The lowest BCUT2D eigenvalue weighted by Gasteiger charge is -2.07. The van der Waals surface area contributed by atoms with Gasteiger partial charge in [0, 0.05) is 11.1 Å². The van der Waals surface area contributed by atoms with Crippen LogP contribution in [0.5, 0.6) is 0 Å². The molecule has 2 aromatic heterocycles. The summed E-state index contributed by atoms with van der Waals surface area (Å²) in [5, 5.41) is 17.9. The molecule has 0 amide bonds. The van der Waals surface area contributed by atoms with Crippen molar-refractivity contribution in [3.8, 4) is 22.5 Å². The molecule has 0 fully saturated rings. The third-order valence-corrected chi connectivity index (χ3v) is 7.27. The maximum absolute atomic E-state index is 4.52. The molecule has 0 aliphatic carbocycles. The van der Waals surface area contributed by atoms with Crippen LogP contribution in [0, 0.1) is 7.40 Å². The topological polar surface area (TPSA) is 61.4 Å². The van der Waals surface area contributed by atoms with Gasteiger partial charge in [-0.15, -0.1) is 10.2 Å². The van der Waals surface area contributed by atoms with Gasteiger partial charge in [0.15, 0.2) is 0 Å². The summed E-state index contributed by atoms with van der Waals surface area (Å²) in [6, 6.07) is 28.8. The Labute approximate surface area is 213 Å². The van der Waals surface area contributed by atoms with E-state index in [4.69, 9.17) is 0 Å². The van der Waals surface area contributed by atoms with E-state index in [0.29, 0.717) is 13.1 Å². The molecule has 0 saturated carbocycles. The third kappa shape index (κ3) is 4.33. The highest BCUT2D eigenvalue weighted by atomic mass is 127. The van der Waals surface area contributed by atoms with Crippen molar-refractivity contribution in [3.05, 3.63) is 103 Å². The summed E-state index contributed by atoms with van der Waals surface area (Å²) in [5.41, 5.74) is 6.08. The second-order valence-electron chi connectivity index (χ2n) is 7.29. The van der Waals surface area contributed by atoms with Crippen LogP contribution in [-0.4, -0.2) is 30.0 Å². The van der Waals surface area contributed by atoms with Crippen molar-refractivity contribution in [3.63, 3.8) is 0 Å². The Balaban J connectivity index is 1.50. The van der Waals surface area contributed by atoms with Gasteiger partial charge in [0.1, 0.15) is 18.8 Å². The van der Waals surface area contributed by atoms with Crippen LogP contribution in [0.2, 0.25) is 0 Å². The van der Waals surface area contributed by atoms with Crippen molar-refractivity contribution >= 4 is 45.2 Å². The third-order valence-electron chi connectivity index (χ3n) is 5.14. The summed E-state index contributed by atoms with van der Waals surface area (Å²) in [6.07, 6.45) is 0. The highest BCUT2D eigenvalue weighted by Gasteiger charge is 2.20. The first-order chi connectivity index (χ1) is 15.7. The average molecular weight is 644 g/mol. The highest BCUT2D eigenvalue weighted by Crippen LogP contribution is 2.34. The Morgan fingerprint density at radius 3 is 1.31 bits per heavy atom. The molecule has 8 heteroatoms. The van der Waals surface area contributed by atoms with E-state index in [-0.39, 0.29) is 0 Å². The molecule has 0 N–H and O–H groups in total. The smallest absolute Gasteiger partial charge is 0.128 e. The zero-order valence-corrected chi connectivity index (χ0v) is 21.3. The van der Waals surface area contributed by atoms with Crippen LogP contribution in [0.4, 0.5) is 0 Å². The van der Waals surface area contributed by atoms with Gasteiger partial charge >= 0.3 is 0 Å². The molecule has 3 aromatic carbocycles. The Morgan fingerprint density at radius 1 is 0.531 bits per heavy atom. The maximum atomic E-state index is 4.52. The maximum Gasteiger partial charge on any atom is 0.128 e. The van der Waals surface area contributed by atoms with Gasteiger partial charge in [-0.1, -0.05) is 95.4 Å². The lowest BCUT2D eigenvalue weighted by Crippen LogP contribution is -2.04. The summed E-state index contributed by atoms with van der Waals surface area (Å²) in [4.78, 5) is 0. The first-order valence-corrected chi connectivity index (χ1v) is 12.2. The molecule has 2 heterocycles. The standard InChI is InChI=1S/C24H18I2N6/c25-23-21(27-29-31(23)15-17-9-3-1-4-10-17)19-13-7-8-14-20(19)22-24(26)32(30-28-22)16-18-11-5-2-6-12-18/h1-14H,15-16H2. The molecule has 32 heavy (non-hydrogen) atoms. The van der Waals surface area contributed by atoms with Gasteiger partial charge in [-0.3, -0.25) is 0 Å². The van der Waals surface area contributed by atoms with E-state index in [9.17, 15) is 0 Å². The van der Waals surface area contributed by atoms with Crippen LogP contribution in [0.25, 0.3) is 22.5 Å². The molecule has 5 aromatic rings. The molecule has 0 unspecified atom stereocenters. The zero-order chi connectivity index (χ0) is 21.9. The van der Waals surface area contributed by atoms with Crippen LogP contribution in [0.1, 0.15) is 11.1 Å². The van der Waals surface area contributed by atoms with E-state index >= 15 is 0 Å². The van der Waals surface area contributed by atoms with Crippen molar-refractivity contribution < 1.29 is 0 Å². The molecular weight excluding hydrogens is 626 g/mol. The number of hydrogen-bond donors (Lipinski definition) is 0. The van der Waals surface area contributed by atoms with E-state index in [0.717, 1.165) is 29.9 Å². The quantitative estimate of drug-likeness (QED) is 0.229. The molecule has 0 radical (unpaired) electrons. The zero-order valence-electron chi connectivity index (χ0n) is 16.9. The SMILES string of the molecule is Ic1c(-c2ccccc2-c2nnn(Cc3ccccc3)c2I)nnn1Cc1ccccc1. The molecule has 0 atom stereocenters. The monoisotopic (exact) mass is 644 g/mol. The number of rotatable bonds is 6. The Kier molecular flexibility index (Phi) is 6.30. The van der Waals surface area contributed by atoms with Crippen molar-refractivity contribution in [2.24, 2.45) is 0 Å². The predicted molar refractivity (Wildman–Crippen MR) is 141 cm³/mol. The Morgan fingerprint density at radius 2 is 0.906 bits per heavy atom. The summed E-state index contributed by atoms with van der Waals surface area (Å²) < 4.78 is 5.84. The number of halogens is 2. The van der Waals surface area contributed by atoms with E-state index < -0.39 is 0 Å². The molecule has 0 saturated heterocycles. The number of aromatic nitrogens is 6. The molecule has 5 rings (SSSR count). The first-order valence-electron chi connectivity index (χ1n) is 10.1. The van der Waals surface area contributed by atoms with Gasteiger partial charge in [-0.2, -0.15) is 0 Å². The van der Waals surface area contributed by atoms with Crippen molar-refractivity contribution in [2.45, 2.75) is 13.1 Å². The molecule has 158 valence electrons. The predicted octanol–water partition coefficient (Wildman–Crippen LogP) is 5.51. The Hall–Kier alpha value is -2.60. The van der Waals surface area contributed by atoms with Crippen LogP contribution < -0.4 is 0 Å². The van der Waals surface area contributed by atoms with Crippen LogP contribution in [-0.2, 0) is 13.1 Å². The number of nitrogens with zero attached hydrogens (tertiary/aromatic N) is 6. The molecular formula is C24H18I2N6. The van der Waals surface area contributed by atoms with Gasteiger partial charge in [0.25, 0.3) is 0 Å². The van der Waals surface area contributed by atoms with Crippen molar-refractivity contribution in [1.82, 2.24) is 30.0 Å². The molecule has 0 aliphatic heterocycles.